The van der Waals surface area contributed by atoms with Crippen molar-refractivity contribution in [1.82, 2.24) is 30.2 Å². The van der Waals surface area contributed by atoms with Crippen molar-refractivity contribution in [2.24, 2.45) is 0 Å². The minimum atomic E-state index is -0.724. The number of pyridine rings is 1. The molecule has 0 saturated carbocycles. The lowest BCUT2D eigenvalue weighted by Crippen LogP contribution is -2.32. The van der Waals surface area contributed by atoms with Crippen LogP contribution < -0.4 is 5.32 Å². The van der Waals surface area contributed by atoms with Crippen LogP contribution >= 0.6 is 0 Å². The summed E-state index contributed by atoms with van der Waals surface area (Å²) in [4.78, 5) is 30.5. The van der Waals surface area contributed by atoms with Gasteiger partial charge in [0.2, 0.25) is 0 Å². The Morgan fingerprint density at radius 1 is 1.29 bits per heavy atom. The zero-order valence-corrected chi connectivity index (χ0v) is 15.5. The number of amides is 3. The smallest absolute Gasteiger partial charge is 0.325 e. The summed E-state index contributed by atoms with van der Waals surface area (Å²) in [5.74, 6) is -0.818. The van der Waals surface area contributed by atoms with Gasteiger partial charge < -0.3 is 5.32 Å². The number of aromatic nitrogens is 4. The van der Waals surface area contributed by atoms with E-state index in [2.05, 4.69) is 20.6 Å². The van der Waals surface area contributed by atoms with Gasteiger partial charge in [0.15, 0.2) is 0 Å². The molecule has 1 fully saturated rings. The van der Waals surface area contributed by atoms with E-state index in [9.17, 15) is 14.0 Å². The van der Waals surface area contributed by atoms with Gasteiger partial charge in [-0.1, -0.05) is 11.3 Å². The first-order chi connectivity index (χ1) is 13.4. The Labute approximate surface area is 160 Å². The first kappa shape index (κ1) is 18.0. The van der Waals surface area contributed by atoms with E-state index in [-0.39, 0.29) is 24.9 Å². The summed E-state index contributed by atoms with van der Waals surface area (Å²) in [5.41, 5.74) is 1.66. The molecule has 0 aliphatic carbocycles. The SMILES string of the molecule is CC(C)n1cc(C[C@H]2NC(=O)N(Cc3cc(F)cc4cccnc34)C2=O)nn1. The van der Waals surface area contributed by atoms with Crippen LogP contribution in [-0.4, -0.2) is 42.9 Å². The quantitative estimate of drug-likeness (QED) is 0.683. The average molecular weight is 382 g/mol. The molecule has 0 radical (unpaired) electrons. The molecule has 1 saturated heterocycles. The van der Waals surface area contributed by atoms with Crippen LogP contribution in [0.25, 0.3) is 10.9 Å². The second-order valence-electron chi connectivity index (χ2n) is 7.05. The molecule has 9 heteroatoms. The van der Waals surface area contributed by atoms with E-state index in [0.717, 1.165) is 4.90 Å². The first-order valence-electron chi connectivity index (χ1n) is 8.98. The van der Waals surface area contributed by atoms with Crippen molar-refractivity contribution in [1.29, 1.82) is 0 Å². The molecule has 144 valence electrons. The van der Waals surface area contributed by atoms with E-state index in [1.165, 1.54) is 12.1 Å². The number of nitrogens with one attached hydrogen (secondary N) is 1. The van der Waals surface area contributed by atoms with Crippen LogP contribution in [-0.2, 0) is 17.8 Å². The summed E-state index contributed by atoms with van der Waals surface area (Å²) < 4.78 is 15.6. The number of hydrogen-bond acceptors (Lipinski definition) is 5. The number of urea groups is 1. The van der Waals surface area contributed by atoms with Crippen molar-refractivity contribution in [3.8, 4) is 0 Å². The zero-order valence-electron chi connectivity index (χ0n) is 15.5. The number of nitrogens with zero attached hydrogens (tertiary/aromatic N) is 5. The molecule has 3 aromatic rings. The van der Waals surface area contributed by atoms with Gasteiger partial charge in [0.1, 0.15) is 11.9 Å². The predicted octanol–water partition coefficient (Wildman–Crippen LogP) is 2.21. The minimum absolute atomic E-state index is 0.0505. The van der Waals surface area contributed by atoms with Gasteiger partial charge in [0, 0.05) is 35.8 Å². The molecule has 0 bridgehead atoms. The molecular weight excluding hydrogens is 363 g/mol. The third kappa shape index (κ3) is 3.30. The molecule has 0 spiro atoms. The van der Waals surface area contributed by atoms with Crippen LogP contribution in [0.5, 0.6) is 0 Å². The summed E-state index contributed by atoms with van der Waals surface area (Å²) in [7, 11) is 0. The Hall–Kier alpha value is -3.36. The number of carbonyl (C=O) groups excluding carboxylic acids is 2. The summed E-state index contributed by atoms with van der Waals surface area (Å²) >= 11 is 0. The van der Waals surface area contributed by atoms with E-state index >= 15 is 0 Å². The maximum Gasteiger partial charge on any atom is 0.325 e. The second kappa shape index (κ2) is 6.99. The van der Waals surface area contributed by atoms with Gasteiger partial charge >= 0.3 is 6.03 Å². The molecule has 4 rings (SSSR count). The molecule has 1 aromatic carbocycles. The van der Waals surface area contributed by atoms with Crippen molar-refractivity contribution >= 4 is 22.8 Å². The van der Waals surface area contributed by atoms with Gasteiger partial charge in [0.05, 0.1) is 17.8 Å². The van der Waals surface area contributed by atoms with Crippen LogP contribution in [0.4, 0.5) is 9.18 Å². The molecule has 3 amide bonds. The number of carbonyl (C=O) groups is 2. The number of imide groups is 1. The van der Waals surface area contributed by atoms with Gasteiger partial charge in [-0.3, -0.25) is 14.7 Å². The fourth-order valence-electron chi connectivity index (χ4n) is 3.25. The van der Waals surface area contributed by atoms with E-state index in [4.69, 9.17) is 0 Å². The van der Waals surface area contributed by atoms with Crippen molar-refractivity contribution in [3.05, 3.63) is 53.7 Å². The number of rotatable bonds is 5. The van der Waals surface area contributed by atoms with E-state index in [1.54, 1.807) is 29.2 Å². The maximum atomic E-state index is 13.9. The van der Waals surface area contributed by atoms with Crippen molar-refractivity contribution in [2.45, 2.75) is 38.9 Å². The van der Waals surface area contributed by atoms with Gasteiger partial charge in [-0.15, -0.1) is 5.10 Å². The van der Waals surface area contributed by atoms with E-state index in [0.29, 0.717) is 22.2 Å². The Bertz CT molecular complexity index is 1060. The normalized spacial score (nSPS) is 17.0. The van der Waals surface area contributed by atoms with Gasteiger partial charge in [-0.25, -0.2) is 13.9 Å². The van der Waals surface area contributed by atoms with Crippen molar-refractivity contribution in [3.63, 3.8) is 0 Å². The van der Waals surface area contributed by atoms with Crippen LogP contribution in [0.1, 0.15) is 31.1 Å². The molecular formula is C19H19FN6O2. The molecule has 28 heavy (non-hydrogen) atoms. The lowest BCUT2D eigenvalue weighted by Gasteiger charge is -2.14. The van der Waals surface area contributed by atoms with Gasteiger partial charge in [-0.2, -0.15) is 0 Å². The number of hydrogen-bond donors (Lipinski definition) is 1. The largest absolute Gasteiger partial charge is 0.325 e. The Morgan fingerprint density at radius 2 is 2.11 bits per heavy atom. The fraction of sp³-hybridized carbons (Fsp3) is 0.316. The van der Waals surface area contributed by atoms with Crippen LogP contribution in [0.2, 0.25) is 0 Å². The molecule has 1 aliphatic rings. The summed E-state index contributed by atoms with van der Waals surface area (Å²) in [6.45, 7) is 3.89. The molecule has 1 atom stereocenters. The first-order valence-corrected chi connectivity index (χ1v) is 8.98. The summed E-state index contributed by atoms with van der Waals surface area (Å²) in [6.07, 6.45) is 3.60. The molecule has 1 aliphatic heterocycles. The Kier molecular flexibility index (Phi) is 4.50. The highest BCUT2D eigenvalue weighted by molar-refractivity contribution is 6.04. The lowest BCUT2D eigenvalue weighted by molar-refractivity contribution is -0.127. The van der Waals surface area contributed by atoms with Crippen molar-refractivity contribution < 1.29 is 14.0 Å². The van der Waals surface area contributed by atoms with Gasteiger partial charge in [0.25, 0.3) is 5.91 Å². The highest BCUT2D eigenvalue weighted by Crippen LogP contribution is 2.22. The molecule has 2 aromatic heterocycles. The third-order valence-electron chi connectivity index (χ3n) is 4.68. The number of fused-ring (bicyclic) bond motifs is 1. The lowest BCUT2D eigenvalue weighted by atomic mass is 10.1. The summed E-state index contributed by atoms with van der Waals surface area (Å²) in [5, 5.41) is 11.4. The highest BCUT2D eigenvalue weighted by atomic mass is 19.1. The zero-order chi connectivity index (χ0) is 19.8. The van der Waals surface area contributed by atoms with Crippen LogP contribution in [0, 0.1) is 5.82 Å². The number of halogens is 1. The van der Waals surface area contributed by atoms with Crippen molar-refractivity contribution in [2.75, 3.05) is 0 Å². The predicted molar refractivity (Wildman–Crippen MR) is 98.7 cm³/mol. The third-order valence-corrected chi connectivity index (χ3v) is 4.68. The maximum absolute atomic E-state index is 13.9. The van der Waals surface area contributed by atoms with Crippen LogP contribution in [0.3, 0.4) is 0 Å². The number of benzene rings is 1. The summed E-state index contributed by atoms with van der Waals surface area (Å²) in [6, 6.07) is 5.04. The Balaban J connectivity index is 1.55. The van der Waals surface area contributed by atoms with E-state index < -0.39 is 17.9 Å². The monoisotopic (exact) mass is 382 g/mol. The topological polar surface area (TPSA) is 93.0 Å². The second-order valence-corrected chi connectivity index (χ2v) is 7.05. The van der Waals surface area contributed by atoms with Crippen LogP contribution in [0.15, 0.2) is 36.7 Å². The van der Waals surface area contributed by atoms with E-state index in [1.807, 2.05) is 13.8 Å². The minimum Gasteiger partial charge on any atom is -0.325 e. The fourth-order valence-corrected chi connectivity index (χ4v) is 3.25. The average Bonchev–Trinajstić information content (AvgIpc) is 3.22. The molecule has 1 N–H and O–H groups in total. The Morgan fingerprint density at radius 3 is 2.86 bits per heavy atom. The molecule has 3 heterocycles. The molecule has 8 nitrogen and oxygen atoms in total. The standard InChI is InChI=1S/C19H19FN6O2/c1-11(2)26-10-15(23-24-26)8-16-18(27)25(19(28)22-16)9-13-7-14(20)6-12-4-3-5-21-17(12)13/h3-7,10-11,16H,8-9H2,1-2H3,(H,22,28)/t16-/m1/s1. The highest BCUT2D eigenvalue weighted by Gasteiger charge is 2.38. The molecule has 0 unspecified atom stereocenters. The van der Waals surface area contributed by atoms with Gasteiger partial charge in [-0.05, 0) is 32.0 Å².